The summed E-state index contributed by atoms with van der Waals surface area (Å²) < 4.78 is -0.884. The van der Waals surface area contributed by atoms with E-state index in [1.54, 1.807) is 31.5 Å². The molecule has 20 heavy (non-hydrogen) atoms. The maximum absolute atomic E-state index is 11.3. The van der Waals surface area contributed by atoms with Gasteiger partial charge in [0.25, 0.3) is 0 Å². The molecule has 1 aliphatic rings. The van der Waals surface area contributed by atoms with Crippen molar-refractivity contribution in [2.24, 2.45) is 0 Å². The van der Waals surface area contributed by atoms with Gasteiger partial charge in [0, 0.05) is 10.3 Å². The molecule has 2 aromatic rings. The number of aromatic nitrogens is 2. The summed E-state index contributed by atoms with van der Waals surface area (Å²) in [6.45, 7) is 3.43. The van der Waals surface area contributed by atoms with Crippen LogP contribution in [0.25, 0.3) is 10.2 Å². The van der Waals surface area contributed by atoms with Crippen molar-refractivity contribution in [2.45, 2.75) is 49.3 Å². The number of thioether (sulfide) groups is 1. The van der Waals surface area contributed by atoms with Crippen molar-refractivity contribution < 1.29 is 9.90 Å². The zero-order chi connectivity index (χ0) is 14.3. The molecule has 0 spiro atoms. The number of aliphatic carboxylic acids is 1. The Kier molecular flexibility index (Phi) is 3.46. The standard InChI is InChI=1S/C14H16N2O2S2/c1-14(2,13(17)18)20-12-10-8-5-3-4-6-9(8)19-11(10)15-7-16-12/h7H,3-6H2,1-2H3,(H,17,18). The van der Waals surface area contributed by atoms with Gasteiger partial charge in [-0.1, -0.05) is 11.8 Å². The predicted molar refractivity (Wildman–Crippen MR) is 81.6 cm³/mol. The average Bonchev–Trinajstić information content (AvgIpc) is 2.77. The molecule has 0 saturated carbocycles. The van der Waals surface area contributed by atoms with E-state index in [9.17, 15) is 9.90 Å². The molecule has 0 unspecified atom stereocenters. The molecule has 0 radical (unpaired) electrons. The minimum atomic E-state index is -0.884. The molecule has 2 aromatic heterocycles. The molecule has 1 aliphatic carbocycles. The van der Waals surface area contributed by atoms with Crippen LogP contribution in [-0.2, 0) is 17.6 Å². The van der Waals surface area contributed by atoms with Crippen LogP contribution in [0.2, 0.25) is 0 Å². The zero-order valence-corrected chi connectivity index (χ0v) is 13.1. The van der Waals surface area contributed by atoms with Gasteiger partial charge in [-0.05, 0) is 45.1 Å². The Morgan fingerprint density at radius 2 is 2.10 bits per heavy atom. The van der Waals surface area contributed by atoms with E-state index in [-0.39, 0.29) is 0 Å². The predicted octanol–water partition coefficient (Wildman–Crippen LogP) is 3.53. The number of carboxylic acids is 1. The molecule has 0 atom stereocenters. The van der Waals surface area contributed by atoms with E-state index in [4.69, 9.17) is 0 Å². The van der Waals surface area contributed by atoms with Crippen LogP contribution in [0, 0.1) is 0 Å². The van der Waals surface area contributed by atoms with Gasteiger partial charge in [-0.3, -0.25) is 4.79 Å². The van der Waals surface area contributed by atoms with Crippen molar-refractivity contribution in [3.63, 3.8) is 0 Å². The summed E-state index contributed by atoms with van der Waals surface area (Å²) in [7, 11) is 0. The van der Waals surface area contributed by atoms with Gasteiger partial charge in [0.15, 0.2) is 0 Å². The Hall–Kier alpha value is -1.14. The molecule has 0 aliphatic heterocycles. The van der Waals surface area contributed by atoms with Crippen LogP contribution in [0.1, 0.15) is 37.1 Å². The van der Waals surface area contributed by atoms with Gasteiger partial charge in [0.2, 0.25) is 0 Å². The average molecular weight is 308 g/mol. The number of thiophene rings is 1. The first-order valence-corrected chi connectivity index (χ1v) is 8.30. The third-order valence-corrected chi connectivity index (χ3v) is 5.97. The lowest BCUT2D eigenvalue weighted by Gasteiger charge is -2.18. The van der Waals surface area contributed by atoms with Crippen LogP contribution in [-0.4, -0.2) is 25.8 Å². The highest BCUT2D eigenvalue weighted by Gasteiger charge is 2.31. The SMILES string of the molecule is CC(C)(Sc1ncnc2sc3c(c12)CCCC3)C(=O)O. The highest BCUT2D eigenvalue weighted by Crippen LogP contribution is 2.42. The smallest absolute Gasteiger partial charge is 0.319 e. The van der Waals surface area contributed by atoms with Crippen LogP contribution in [0.3, 0.4) is 0 Å². The highest BCUT2D eigenvalue weighted by molar-refractivity contribution is 8.01. The van der Waals surface area contributed by atoms with Crippen LogP contribution < -0.4 is 0 Å². The van der Waals surface area contributed by atoms with Crippen LogP contribution in [0.15, 0.2) is 11.4 Å². The number of carbonyl (C=O) groups is 1. The van der Waals surface area contributed by atoms with Gasteiger partial charge in [-0.2, -0.15) is 0 Å². The number of fused-ring (bicyclic) bond motifs is 3. The van der Waals surface area contributed by atoms with Crippen molar-refractivity contribution >= 4 is 39.3 Å². The largest absolute Gasteiger partial charge is 0.480 e. The molecule has 4 nitrogen and oxygen atoms in total. The Bertz CT molecular complexity index is 679. The third kappa shape index (κ3) is 2.31. The van der Waals surface area contributed by atoms with E-state index in [2.05, 4.69) is 9.97 Å². The number of aryl methyl sites for hydroxylation is 2. The molecule has 1 N–H and O–H groups in total. The molecule has 0 fully saturated rings. The quantitative estimate of drug-likeness (QED) is 0.694. The summed E-state index contributed by atoms with van der Waals surface area (Å²) in [6.07, 6.45) is 6.15. The summed E-state index contributed by atoms with van der Waals surface area (Å²) in [5, 5.41) is 11.2. The van der Waals surface area contributed by atoms with Crippen molar-refractivity contribution in [1.29, 1.82) is 0 Å². The number of carboxylic acid groups (broad SMARTS) is 1. The summed E-state index contributed by atoms with van der Waals surface area (Å²) in [5.74, 6) is -0.821. The molecule has 6 heteroatoms. The number of rotatable bonds is 3. The van der Waals surface area contributed by atoms with Gasteiger partial charge in [-0.25, -0.2) is 9.97 Å². The fraction of sp³-hybridized carbons (Fsp3) is 0.500. The first-order valence-electron chi connectivity index (χ1n) is 6.66. The Morgan fingerprint density at radius 3 is 2.85 bits per heavy atom. The summed E-state index contributed by atoms with van der Waals surface area (Å²) >= 11 is 3.05. The molecular weight excluding hydrogens is 292 g/mol. The van der Waals surface area contributed by atoms with Gasteiger partial charge in [0.05, 0.1) is 0 Å². The lowest BCUT2D eigenvalue weighted by molar-refractivity contribution is -0.138. The molecular formula is C14H16N2O2S2. The number of nitrogens with zero attached hydrogens (tertiary/aromatic N) is 2. The monoisotopic (exact) mass is 308 g/mol. The fourth-order valence-corrected chi connectivity index (χ4v) is 4.71. The lowest BCUT2D eigenvalue weighted by Crippen LogP contribution is -2.27. The van der Waals surface area contributed by atoms with Crippen molar-refractivity contribution in [2.75, 3.05) is 0 Å². The molecule has 0 aromatic carbocycles. The van der Waals surface area contributed by atoms with E-state index in [0.29, 0.717) is 0 Å². The molecule has 0 amide bonds. The van der Waals surface area contributed by atoms with Crippen molar-refractivity contribution in [3.05, 3.63) is 16.8 Å². The number of hydrogen-bond acceptors (Lipinski definition) is 5. The third-order valence-electron chi connectivity index (χ3n) is 3.58. The molecule has 0 saturated heterocycles. The van der Waals surface area contributed by atoms with Gasteiger partial charge in [0.1, 0.15) is 20.9 Å². The number of hydrogen-bond donors (Lipinski definition) is 1. The lowest BCUT2D eigenvalue weighted by atomic mass is 9.97. The summed E-state index contributed by atoms with van der Waals surface area (Å²) in [5.41, 5.74) is 1.35. The minimum Gasteiger partial charge on any atom is -0.480 e. The van der Waals surface area contributed by atoms with Gasteiger partial charge in [-0.15, -0.1) is 11.3 Å². The molecule has 2 heterocycles. The van der Waals surface area contributed by atoms with E-state index >= 15 is 0 Å². The first-order chi connectivity index (χ1) is 9.49. The second-order valence-corrected chi connectivity index (χ2v) is 8.18. The molecule has 3 rings (SSSR count). The van der Waals surface area contributed by atoms with Crippen LogP contribution >= 0.6 is 23.1 Å². The minimum absolute atomic E-state index is 0.807. The topological polar surface area (TPSA) is 63.1 Å². The first kappa shape index (κ1) is 13.8. The van der Waals surface area contributed by atoms with Crippen LogP contribution in [0.4, 0.5) is 0 Å². The van der Waals surface area contributed by atoms with Crippen molar-refractivity contribution in [3.8, 4) is 0 Å². The Labute approximate surface area is 125 Å². The zero-order valence-electron chi connectivity index (χ0n) is 11.5. The van der Waals surface area contributed by atoms with Crippen molar-refractivity contribution in [1.82, 2.24) is 9.97 Å². The van der Waals surface area contributed by atoms with Crippen LogP contribution in [0.5, 0.6) is 0 Å². The normalized spacial score (nSPS) is 15.3. The van der Waals surface area contributed by atoms with E-state index in [1.165, 1.54) is 35.0 Å². The second kappa shape index (κ2) is 5.00. The van der Waals surface area contributed by atoms with E-state index in [1.807, 2.05) is 0 Å². The maximum atomic E-state index is 11.3. The fourth-order valence-electron chi connectivity index (χ4n) is 2.42. The summed E-state index contributed by atoms with van der Waals surface area (Å²) in [4.78, 5) is 22.4. The summed E-state index contributed by atoms with van der Waals surface area (Å²) in [6, 6.07) is 0. The maximum Gasteiger partial charge on any atom is 0.319 e. The molecule has 0 bridgehead atoms. The van der Waals surface area contributed by atoms with Gasteiger partial charge < -0.3 is 5.11 Å². The van der Waals surface area contributed by atoms with E-state index < -0.39 is 10.7 Å². The van der Waals surface area contributed by atoms with E-state index in [0.717, 1.165) is 28.1 Å². The van der Waals surface area contributed by atoms with Gasteiger partial charge >= 0.3 is 5.97 Å². The molecule has 106 valence electrons. The highest BCUT2D eigenvalue weighted by atomic mass is 32.2. The Morgan fingerprint density at radius 1 is 1.35 bits per heavy atom. The Balaban J connectivity index is 2.11. The second-order valence-electron chi connectivity index (χ2n) is 5.49.